The molecule has 0 bridgehead atoms. The molecule has 6 rings (SSSR count). The van der Waals surface area contributed by atoms with Crippen molar-refractivity contribution < 1.29 is 9.84 Å². The van der Waals surface area contributed by atoms with Crippen molar-refractivity contribution in [2.45, 2.75) is 63.5 Å². The third-order valence-corrected chi connectivity index (χ3v) is 9.78. The molecule has 4 heteroatoms. The Morgan fingerprint density at radius 1 is 1.22 bits per heavy atom. The molecule has 0 aromatic rings. The second-order valence-corrected chi connectivity index (χ2v) is 10.5. The lowest BCUT2D eigenvalue weighted by Gasteiger charge is -2.57. The number of rotatable bonds is 2. The Morgan fingerprint density at radius 3 is 2.85 bits per heavy atom. The number of aliphatic hydroxyl groups is 1. The van der Waals surface area contributed by atoms with Crippen molar-refractivity contribution in [3.63, 3.8) is 0 Å². The predicted octanol–water partition coefficient (Wildman–Crippen LogP) is 4.24. The van der Waals surface area contributed by atoms with Gasteiger partial charge < -0.3 is 9.84 Å². The summed E-state index contributed by atoms with van der Waals surface area (Å²) in [6.07, 6.45) is 12.4. The summed E-state index contributed by atoms with van der Waals surface area (Å²) in [5, 5.41) is 13.5. The monoisotopic (exact) mass is 369 g/mol. The molecule has 1 heterocycles. The number of nitroso groups, excluding NO2 is 1. The molecule has 1 aliphatic heterocycles. The summed E-state index contributed by atoms with van der Waals surface area (Å²) in [6, 6.07) is -0.0669. The van der Waals surface area contributed by atoms with E-state index in [9.17, 15) is 10.0 Å². The van der Waals surface area contributed by atoms with E-state index in [0.717, 1.165) is 56.0 Å². The number of fused-ring (bicyclic) bond motifs is 9. The highest BCUT2D eigenvalue weighted by atomic mass is 16.5. The Balaban J connectivity index is 1.39. The first-order valence-corrected chi connectivity index (χ1v) is 11.1. The first-order valence-electron chi connectivity index (χ1n) is 11.1. The zero-order valence-electron chi connectivity index (χ0n) is 16.3. The minimum absolute atomic E-state index is 0.00420. The lowest BCUT2D eigenvalue weighted by molar-refractivity contribution is -0.129. The maximum atomic E-state index is 11.1. The second kappa shape index (κ2) is 5.54. The molecule has 146 valence electrons. The summed E-state index contributed by atoms with van der Waals surface area (Å²) in [4.78, 5) is 11.1. The number of hydrogen-bond acceptors (Lipinski definition) is 4. The minimum atomic E-state index is -0.0669. The number of aliphatic hydroxyl groups excluding tert-OH is 1. The standard InChI is InChI=1S/C23H31NO3/c1-22-7-5-16-15-4-3-14(24-26)10-17(15)13(12-25)9-18(16)21(22)19-11-20(19)23(22)6-2-8-27-23/h2,6,14-16,18-21,25H,3-5,7-12H2,1H3/t14?,15-,16?,18?,19?,20?,21?,22+,23+/m1/s1. The zero-order chi connectivity index (χ0) is 18.4. The highest BCUT2D eigenvalue weighted by Gasteiger charge is 2.76. The molecule has 6 unspecified atom stereocenters. The summed E-state index contributed by atoms with van der Waals surface area (Å²) in [5.41, 5.74) is 2.92. The Hall–Kier alpha value is -1.00. The van der Waals surface area contributed by atoms with Crippen LogP contribution in [0, 0.1) is 45.8 Å². The van der Waals surface area contributed by atoms with Gasteiger partial charge in [-0.15, -0.1) is 0 Å². The molecular formula is C23H31NO3. The molecular weight excluding hydrogens is 338 g/mol. The largest absolute Gasteiger partial charge is 0.392 e. The van der Waals surface area contributed by atoms with E-state index in [1.165, 1.54) is 30.4 Å². The van der Waals surface area contributed by atoms with E-state index in [2.05, 4.69) is 24.3 Å². The second-order valence-electron chi connectivity index (χ2n) is 10.5. The molecule has 1 N–H and O–H groups in total. The maximum absolute atomic E-state index is 11.1. The lowest BCUT2D eigenvalue weighted by Crippen LogP contribution is -2.55. The fraction of sp³-hybridized carbons (Fsp3) is 0.826. The molecule has 0 amide bonds. The van der Waals surface area contributed by atoms with Crippen molar-refractivity contribution in [1.29, 1.82) is 0 Å². The van der Waals surface area contributed by atoms with Gasteiger partial charge in [-0.05, 0) is 86.0 Å². The van der Waals surface area contributed by atoms with Crippen LogP contribution in [0.1, 0.15) is 51.9 Å². The van der Waals surface area contributed by atoms with Crippen LogP contribution in [0.5, 0.6) is 0 Å². The van der Waals surface area contributed by atoms with Crippen molar-refractivity contribution in [1.82, 2.24) is 0 Å². The van der Waals surface area contributed by atoms with Crippen molar-refractivity contribution in [2.75, 3.05) is 13.2 Å². The summed E-state index contributed by atoms with van der Waals surface area (Å²) in [5.74, 6) is 4.29. The highest BCUT2D eigenvalue weighted by molar-refractivity contribution is 5.35. The Kier molecular flexibility index (Phi) is 3.47. The summed E-state index contributed by atoms with van der Waals surface area (Å²) in [6.45, 7) is 3.47. The van der Waals surface area contributed by atoms with Gasteiger partial charge in [0.2, 0.25) is 0 Å². The zero-order valence-corrected chi connectivity index (χ0v) is 16.3. The third-order valence-electron chi connectivity index (χ3n) is 9.78. The van der Waals surface area contributed by atoms with E-state index in [-0.39, 0.29) is 23.7 Å². The van der Waals surface area contributed by atoms with Crippen LogP contribution < -0.4 is 0 Å². The molecule has 4 saturated carbocycles. The molecule has 9 atom stereocenters. The molecule has 0 saturated heterocycles. The SMILES string of the molecule is C[C@]12CCC3C(CC(CO)=C4CC(N=O)CC[C@@H]43)C1C1CC1[C@@]21C=CCO1. The van der Waals surface area contributed by atoms with Gasteiger partial charge in [-0.1, -0.05) is 29.8 Å². The number of nitrogens with zero attached hydrogens (tertiary/aromatic N) is 1. The summed E-state index contributed by atoms with van der Waals surface area (Å²) >= 11 is 0. The average molecular weight is 370 g/mol. The van der Waals surface area contributed by atoms with Gasteiger partial charge in [-0.2, -0.15) is 4.91 Å². The Labute approximate surface area is 161 Å². The van der Waals surface area contributed by atoms with Crippen molar-refractivity contribution in [2.24, 2.45) is 46.1 Å². The molecule has 6 aliphatic rings. The van der Waals surface area contributed by atoms with E-state index >= 15 is 0 Å². The minimum Gasteiger partial charge on any atom is -0.392 e. The quantitative estimate of drug-likeness (QED) is 0.585. The highest BCUT2D eigenvalue weighted by Crippen LogP contribution is 2.77. The summed E-state index contributed by atoms with van der Waals surface area (Å²) in [7, 11) is 0. The number of hydrogen-bond donors (Lipinski definition) is 1. The predicted molar refractivity (Wildman–Crippen MR) is 103 cm³/mol. The van der Waals surface area contributed by atoms with E-state index < -0.39 is 0 Å². The first kappa shape index (κ1) is 16.9. The van der Waals surface area contributed by atoms with Crippen molar-refractivity contribution >= 4 is 0 Å². The van der Waals surface area contributed by atoms with E-state index in [0.29, 0.717) is 11.8 Å². The smallest absolute Gasteiger partial charge is 0.0957 e. The molecule has 0 aromatic heterocycles. The average Bonchev–Trinajstić information content (AvgIpc) is 3.25. The van der Waals surface area contributed by atoms with Gasteiger partial charge >= 0.3 is 0 Å². The van der Waals surface area contributed by atoms with Crippen LogP contribution in [0.15, 0.2) is 28.5 Å². The van der Waals surface area contributed by atoms with Gasteiger partial charge in [0, 0.05) is 5.41 Å². The van der Waals surface area contributed by atoms with Crippen LogP contribution in [-0.2, 0) is 4.74 Å². The molecule has 1 spiro atoms. The fourth-order valence-electron chi connectivity index (χ4n) is 8.79. The van der Waals surface area contributed by atoms with E-state index in [1.807, 2.05) is 0 Å². The maximum Gasteiger partial charge on any atom is 0.0957 e. The normalized spacial score (nSPS) is 55.1. The van der Waals surface area contributed by atoms with Gasteiger partial charge in [-0.25, -0.2) is 0 Å². The van der Waals surface area contributed by atoms with Crippen LogP contribution in [0.2, 0.25) is 0 Å². The summed E-state index contributed by atoms with van der Waals surface area (Å²) < 4.78 is 6.48. The van der Waals surface area contributed by atoms with Crippen LogP contribution in [0.25, 0.3) is 0 Å². The van der Waals surface area contributed by atoms with Crippen LogP contribution in [0.3, 0.4) is 0 Å². The van der Waals surface area contributed by atoms with Crippen LogP contribution in [0.4, 0.5) is 0 Å². The molecule has 4 nitrogen and oxygen atoms in total. The molecule has 5 aliphatic carbocycles. The first-order chi connectivity index (χ1) is 13.1. The van der Waals surface area contributed by atoms with Crippen LogP contribution >= 0.6 is 0 Å². The van der Waals surface area contributed by atoms with Crippen molar-refractivity contribution in [3.05, 3.63) is 28.2 Å². The third kappa shape index (κ3) is 1.97. The number of ether oxygens (including phenoxy) is 1. The van der Waals surface area contributed by atoms with Crippen molar-refractivity contribution in [3.8, 4) is 0 Å². The van der Waals surface area contributed by atoms with E-state index in [1.54, 1.807) is 0 Å². The van der Waals surface area contributed by atoms with Gasteiger partial charge in [0.05, 0.1) is 24.9 Å². The topological polar surface area (TPSA) is 58.9 Å². The lowest BCUT2D eigenvalue weighted by atomic mass is 9.48. The molecule has 0 radical (unpaired) electrons. The van der Waals surface area contributed by atoms with Gasteiger partial charge in [0.15, 0.2) is 0 Å². The van der Waals surface area contributed by atoms with Crippen LogP contribution in [-0.4, -0.2) is 30.0 Å². The molecule has 27 heavy (non-hydrogen) atoms. The van der Waals surface area contributed by atoms with E-state index in [4.69, 9.17) is 4.74 Å². The van der Waals surface area contributed by atoms with Gasteiger partial charge in [0.25, 0.3) is 0 Å². The van der Waals surface area contributed by atoms with Gasteiger partial charge in [-0.3, -0.25) is 0 Å². The molecule has 4 fully saturated rings. The van der Waals surface area contributed by atoms with Gasteiger partial charge in [0.1, 0.15) is 0 Å². The molecule has 0 aromatic carbocycles. The fourth-order valence-corrected chi connectivity index (χ4v) is 8.79. The Bertz CT molecular complexity index is 744. The Morgan fingerprint density at radius 2 is 2.11 bits per heavy atom.